The van der Waals surface area contributed by atoms with Gasteiger partial charge in [0.25, 0.3) is 5.91 Å². The van der Waals surface area contributed by atoms with Gasteiger partial charge in [-0.15, -0.1) is 0 Å². The zero-order valence-corrected chi connectivity index (χ0v) is 18.4. The molecule has 1 saturated heterocycles. The molecule has 1 atom stereocenters. The Morgan fingerprint density at radius 1 is 0.912 bits per heavy atom. The number of carbonyl (C=O) groups is 3. The van der Waals surface area contributed by atoms with E-state index in [-0.39, 0.29) is 18.9 Å². The first-order valence-corrected chi connectivity index (χ1v) is 10.9. The number of furan rings is 1. The van der Waals surface area contributed by atoms with Crippen LogP contribution in [0, 0.1) is 5.92 Å². The SMILES string of the molecule is O=C(NNC(=O)C1CC(=O)N(Cc2ccco2)C1)c1ccc(OCCOc2ccccc2)cc1. The van der Waals surface area contributed by atoms with Crippen LogP contribution in [0.3, 0.4) is 0 Å². The molecule has 9 heteroatoms. The predicted molar refractivity (Wildman–Crippen MR) is 122 cm³/mol. The Bertz CT molecular complexity index is 1100. The monoisotopic (exact) mass is 463 g/mol. The van der Waals surface area contributed by atoms with E-state index in [1.165, 1.54) is 6.26 Å². The topological polar surface area (TPSA) is 110 Å². The number of hydrogen-bond donors (Lipinski definition) is 2. The molecule has 0 radical (unpaired) electrons. The van der Waals surface area contributed by atoms with E-state index in [0.29, 0.717) is 36.8 Å². The summed E-state index contributed by atoms with van der Waals surface area (Å²) in [6.07, 6.45) is 1.62. The first-order valence-electron chi connectivity index (χ1n) is 10.9. The van der Waals surface area contributed by atoms with Gasteiger partial charge in [0.05, 0.1) is 18.7 Å². The van der Waals surface area contributed by atoms with Crippen molar-refractivity contribution < 1.29 is 28.3 Å². The zero-order chi connectivity index (χ0) is 23.8. The molecule has 1 aliphatic heterocycles. The number of likely N-dealkylation sites (tertiary alicyclic amines) is 1. The van der Waals surface area contributed by atoms with Gasteiger partial charge in [0.2, 0.25) is 11.8 Å². The van der Waals surface area contributed by atoms with Gasteiger partial charge in [0.15, 0.2) is 0 Å². The molecule has 2 aromatic carbocycles. The van der Waals surface area contributed by atoms with Crippen molar-refractivity contribution in [2.24, 2.45) is 5.92 Å². The fourth-order valence-electron chi connectivity index (χ4n) is 3.52. The van der Waals surface area contributed by atoms with Crippen LogP contribution in [-0.4, -0.2) is 42.4 Å². The molecule has 1 aromatic heterocycles. The standard InChI is InChI=1S/C25H25N3O6/c29-23-15-19(16-28(23)17-22-7-4-12-32-22)25(31)27-26-24(30)18-8-10-21(11-9-18)34-14-13-33-20-5-2-1-3-6-20/h1-12,19H,13-17H2,(H,26,30)(H,27,31). The van der Waals surface area contributed by atoms with Crippen LogP contribution in [-0.2, 0) is 16.1 Å². The third-order valence-corrected chi connectivity index (χ3v) is 5.29. The molecule has 176 valence electrons. The minimum Gasteiger partial charge on any atom is -0.490 e. The fourth-order valence-corrected chi connectivity index (χ4v) is 3.52. The number of carbonyl (C=O) groups excluding carboxylic acids is 3. The number of hydrazine groups is 1. The van der Waals surface area contributed by atoms with Crippen molar-refractivity contribution >= 4 is 17.7 Å². The highest BCUT2D eigenvalue weighted by molar-refractivity contribution is 5.96. The summed E-state index contributed by atoms with van der Waals surface area (Å²) < 4.78 is 16.4. The summed E-state index contributed by atoms with van der Waals surface area (Å²) in [5, 5.41) is 0. The summed E-state index contributed by atoms with van der Waals surface area (Å²) in [6, 6.07) is 19.5. The largest absolute Gasteiger partial charge is 0.490 e. The van der Waals surface area contributed by atoms with Gasteiger partial charge >= 0.3 is 0 Å². The van der Waals surface area contributed by atoms with Crippen LogP contribution in [0.25, 0.3) is 0 Å². The smallest absolute Gasteiger partial charge is 0.269 e. The predicted octanol–water partition coefficient (Wildman–Crippen LogP) is 2.55. The molecule has 3 amide bonds. The van der Waals surface area contributed by atoms with Crippen molar-refractivity contribution in [3.8, 4) is 11.5 Å². The third kappa shape index (κ3) is 6.16. The molecule has 1 fully saturated rings. The summed E-state index contributed by atoms with van der Waals surface area (Å²) in [7, 11) is 0. The third-order valence-electron chi connectivity index (χ3n) is 5.29. The molecule has 1 unspecified atom stereocenters. The highest BCUT2D eigenvalue weighted by atomic mass is 16.5. The second kappa shape index (κ2) is 11.0. The van der Waals surface area contributed by atoms with E-state index < -0.39 is 17.7 Å². The summed E-state index contributed by atoms with van der Waals surface area (Å²) in [5.41, 5.74) is 5.16. The molecule has 0 spiro atoms. The minimum atomic E-state index is -0.545. The fraction of sp³-hybridized carbons (Fsp3) is 0.240. The number of benzene rings is 2. The number of nitrogens with one attached hydrogen (secondary N) is 2. The van der Waals surface area contributed by atoms with Gasteiger partial charge in [-0.25, -0.2) is 0 Å². The van der Waals surface area contributed by atoms with E-state index in [1.807, 2.05) is 30.3 Å². The van der Waals surface area contributed by atoms with E-state index in [9.17, 15) is 14.4 Å². The molecule has 0 aliphatic carbocycles. The molecule has 0 bridgehead atoms. The summed E-state index contributed by atoms with van der Waals surface area (Å²) in [6.45, 7) is 1.32. The van der Waals surface area contributed by atoms with Crippen LogP contribution in [0.5, 0.6) is 11.5 Å². The number of ether oxygens (including phenoxy) is 2. The Kier molecular flexibility index (Phi) is 7.44. The van der Waals surface area contributed by atoms with Gasteiger partial charge in [-0.1, -0.05) is 18.2 Å². The lowest BCUT2D eigenvalue weighted by atomic mass is 10.1. The van der Waals surface area contributed by atoms with Crippen molar-refractivity contribution in [1.29, 1.82) is 0 Å². The quantitative estimate of drug-likeness (QED) is 0.373. The van der Waals surface area contributed by atoms with Crippen LogP contribution in [0.2, 0.25) is 0 Å². The molecule has 34 heavy (non-hydrogen) atoms. The van der Waals surface area contributed by atoms with E-state index in [2.05, 4.69) is 10.9 Å². The average Bonchev–Trinajstić information content (AvgIpc) is 3.51. The van der Waals surface area contributed by atoms with Crippen LogP contribution < -0.4 is 20.3 Å². The summed E-state index contributed by atoms with van der Waals surface area (Å²) in [5.74, 6) is 0.458. The molecule has 4 rings (SSSR count). The highest BCUT2D eigenvalue weighted by Crippen LogP contribution is 2.20. The molecular formula is C25H25N3O6. The molecule has 2 N–H and O–H groups in total. The maximum atomic E-state index is 12.4. The maximum absolute atomic E-state index is 12.4. The lowest BCUT2D eigenvalue weighted by molar-refractivity contribution is -0.129. The van der Waals surface area contributed by atoms with Crippen molar-refractivity contribution in [3.05, 3.63) is 84.3 Å². The zero-order valence-electron chi connectivity index (χ0n) is 18.4. The Morgan fingerprint density at radius 3 is 2.29 bits per heavy atom. The number of para-hydroxylation sites is 1. The molecule has 1 aliphatic rings. The average molecular weight is 463 g/mol. The number of nitrogens with zero attached hydrogens (tertiary/aromatic N) is 1. The van der Waals surface area contributed by atoms with Crippen LogP contribution in [0.1, 0.15) is 22.5 Å². The maximum Gasteiger partial charge on any atom is 0.269 e. The van der Waals surface area contributed by atoms with E-state index in [1.54, 1.807) is 41.3 Å². The van der Waals surface area contributed by atoms with E-state index in [0.717, 1.165) is 5.75 Å². The van der Waals surface area contributed by atoms with Gasteiger partial charge < -0.3 is 18.8 Å². The summed E-state index contributed by atoms with van der Waals surface area (Å²) >= 11 is 0. The van der Waals surface area contributed by atoms with Gasteiger partial charge in [-0.2, -0.15) is 0 Å². The lowest BCUT2D eigenvalue weighted by Gasteiger charge is -2.15. The molecule has 9 nitrogen and oxygen atoms in total. The Labute approximate surface area is 196 Å². The van der Waals surface area contributed by atoms with Gasteiger partial charge in [-0.05, 0) is 48.5 Å². The van der Waals surface area contributed by atoms with Gasteiger partial charge in [-0.3, -0.25) is 25.2 Å². The van der Waals surface area contributed by atoms with Crippen molar-refractivity contribution in [2.45, 2.75) is 13.0 Å². The van der Waals surface area contributed by atoms with Crippen molar-refractivity contribution in [2.75, 3.05) is 19.8 Å². The van der Waals surface area contributed by atoms with Crippen LogP contribution in [0.4, 0.5) is 0 Å². The molecule has 2 heterocycles. The van der Waals surface area contributed by atoms with Crippen molar-refractivity contribution in [3.63, 3.8) is 0 Å². The lowest BCUT2D eigenvalue weighted by Crippen LogP contribution is -2.45. The molecular weight excluding hydrogens is 438 g/mol. The van der Waals surface area contributed by atoms with Gasteiger partial charge in [0.1, 0.15) is 30.5 Å². The number of rotatable bonds is 9. The number of hydrogen-bond acceptors (Lipinski definition) is 6. The Morgan fingerprint density at radius 2 is 1.62 bits per heavy atom. The Balaban J connectivity index is 1.18. The minimum absolute atomic E-state index is 0.0857. The highest BCUT2D eigenvalue weighted by Gasteiger charge is 2.34. The number of amides is 3. The second-order valence-corrected chi connectivity index (χ2v) is 7.73. The van der Waals surface area contributed by atoms with Crippen LogP contribution in [0.15, 0.2) is 77.4 Å². The van der Waals surface area contributed by atoms with Gasteiger partial charge in [0, 0.05) is 18.5 Å². The van der Waals surface area contributed by atoms with E-state index in [4.69, 9.17) is 13.9 Å². The van der Waals surface area contributed by atoms with Crippen molar-refractivity contribution in [1.82, 2.24) is 15.8 Å². The second-order valence-electron chi connectivity index (χ2n) is 7.73. The normalized spacial score (nSPS) is 15.1. The molecule has 3 aromatic rings. The first kappa shape index (κ1) is 22.9. The molecule has 0 saturated carbocycles. The van der Waals surface area contributed by atoms with Crippen LogP contribution >= 0.6 is 0 Å². The summed E-state index contributed by atoms with van der Waals surface area (Å²) in [4.78, 5) is 38.5. The van der Waals surface area contributed by atoms with E-state index >= 15 is 0 Å². The Hall–Kier alpha value is -4.27. The first-order chi connectivity index (χ1) is 16.6.